The van der Waals surface area contributed by atoms with Crippen LogP contribution in [0.2, 0.25) is 0 Å². The summed E-state index contributed by atoms with van der Waals surface area (Å²) in [6.45, 7) is 6.04. The second kappa shape index (κ2) is 6.88. The van der Waals surface area contributed by atoms with Crippen molar-refractivity contribution in [1.29, 1.82) is 0 Å². The summed E-state index contributed by atoms with van der Waals surface area (Å²) in [7, 11) is 0. The highest BCUT2D eigenvalue weighted by Gasteiger charge is 2.30. The Morgan fingerprint density at radius 3 is 2.87 bits per heavy atom. The summed E-state index contributed by atoms with van der Waals surface area (Å²) in [5.41, 5.74) is 3.40. The number of piperazine rings is 1. The molecule has 0 spiro atoms. The first-order valence-corrected chi connectivity index (χ1v) is 10.7. The van der Waals surface area contributed by atoms with Crippen LogP contribution in [0.4, 0.5) is 10.1 Å². The predicted octanol–water partition coefficient (Wildman–Crippen LogP) is 2.74. The molecule has 2 aliphatic heterocycles. The molecular weight excluding hydrogens is 395 g/mol. The van der Waals surface area contributed by atoms with Gasteiger partial charge >= 0.3 is 0 Å². The first kappa shape index (κ1) is 18.5. The molecule has 4 aromatic rings. The highest BCUT2D eigenvalue weighted by atomic mass is 19.1. The molecule has 0 aromatic carbocycles. The summed E-state index contributed by atoms with van der Waals surface area (Å²) in [6.07, 6.45) is 7.90. The third-order valence-corrected chi connectivity index (χ3v) is 6.52. The Balaban J connectivity index is 1.38. The van der Waals surface area contributed by atoms with E-state index in [1.165, 1.54) is 31.5 Å². The third kappa shape index (κ3) is 3.09. The van der Waals surface area contributed by atoms with E-state index in [1.54, 1.807) is 21.2 Å². The second-order valence-corrected chi connectivity index (χ2v) is 8.56. The zero-order chi connectivity index (χ0) is 21.1. The second-order valence-electron chi connectivity index (χ2n) is 8.56. The molecule has 0 aliphatic carbocycles. The molecule has 0 N–H and O–H groups in total. The zero-order valence-electron chi connectivity index (χ0n) is 17.3. The van der Waals surface area contributed by atoms with Crippen molar-refractivity contribution in [2.45, 2.75) is 25.8 Å². The summed E-state index contributed by atoms with van der Waals surface area (Å²) < 4.78 is 17.7. The summed E-state index contributed by atoms with van der Waals surface area (Å²) in [4.78, 5) is 26.7. The van der Waals surface area contributed by atoms with Crippen molar-refractivity contribution in [3.8, 4) is 11.3 Å². The Labute approximate surface area is 178 Å². The van der Waals surface area contributed by atoms with E-state index in [1.807, 2.05) is 25.3 Å². The Morgan fingerprint density at radius 2 is 1.97 bits per heavy atom. The average molecular weight is 418 g/mol. The minimum absolute atomic E-state index is 0.177. The summed E-state index contributed by atoms with van der Waals surface area (Å²) in [6, 6.07) is 7.36. The molecule has 158 valence electrons. The van der Waals surface area contributed by atoms with Gasteiger partial charge in [0.05, 0.1) is 17.1 Å². The van der Waals surface area contributed by atoms with E-state index < -0.39 is 5.82 Å². The predicted molar refractivity (Wildman–Crippen MR) is 117 cm³/mol. The molecule has 0 amide bonds. The fourth-order valence-electron chi connectivity index (χ4n) is 4.97. The molecule has 1 atom stereocenters. The van der Waals surface area contributed by atoms with Gasteiger partial charge in [0, 0.05) is 55.9 Å². The molecule has 4 aromatic heterocycles. The number of hydrogen-bond donors (Lipinski definition) is 0. The maximum absolute atomic E-state index is 14.5. The Kier molecular flexibility index (Phi) is 4.11. The quantitative estimate of drug-likeness (QED) is 0.501. The van der Waals surface area contributed by atoms with Crippen molar-refractivity contribution in [2.75, 3.05) is 31.1 Å². The number of halogens is 1. The van der Waals surface area contributed by atoms with E-state index in [9.17, 15) is 9.18 Å². The molecule has 2 fully saturated rings. The lowest BCUT2D eigenvalue weighted by Gasteiger charge is -2.38. The van der Waals surface area contributed by atoms with Crippen LogP contribution in [0.15, 0.2) is 47.7 Å². The number of rotatable bonds is 2. The lowest BCUT2D eigenvalue weighted by atomic mass is 10.1. The minimum atomic E-state index is -0.436. The summed E-state index contributed by atoms with van der Waals surface area (Å²) in [5.74, 6) is -0.436. The van der Waals surface area contributed by atoms with E-state index >= 15 is 0 Å². The Hall–Kier alpha value is -3.26. The van der Waals surface area contributed by atoms with Crippen LogP contribution in [0.25, 0.3) is 22.6 Å². The van der Waals surface area contributed by atoms with Crippen molar-refractivity contribution >= 4 is 17.0 Å². The standard InChI is InChI=1S/C23H23FN6O/c1-15-11-29-12-16(9-19(24)23(29)25-15)20-10-22(31)30-14-18(4-5-21(30)26-20)28-8-7-27-6-2-3-17(27)13-28/h4-5,9-12,14,17H,2-3,6-8,13H2,1H3/t17-/m0/s1. The molecule has 0 radical (unpaired) electrons. The number of anilines is 1. The zero-order valence-corrected chi connectivity index (χ0v) is 17.3. The number of fused-ring (bicyclic) bond motifs is 3. The molecule has 6 heterocycles. The van der Waals surface area contributed by atoms with Crippen molar-refractivity contribution < 1.29 is 4.39 Å². The molecule has 0 bridgehead atoms. The molecule has 6 rings (SSSR count). The van der Waals surface area contributed by atoms with Gasteiger partial charge in [0.1, 0.15) is 5.65 Å². The number of pyridine rings is 2. The smallest absolute Gasteiger partial charge is 0.258 e. The van der Waals surface area contributed by atoms with Gasteiger partial charge in [-0.15, -0.1) is 0 Å². The third-order valence-electron chi connectivity index (χ3n) is 6.52. The average Bonchev–Trinajstić information content (AvgIpc) is 3.38. The molecule has 31 heavy (non-hydrogen) atoms. The molecule has 0 saturated carbocycles. The number of nitrogens with zero attached hydrogens (tertiary/aromatic N) is 6. The van der Waals surface area contributed by atoms with Crippen LogP contribution in [0.3, 0.4) is 0 Å². The van der Waals surface area contributed by atoms with Gasteiger partial charge in [0.25, 0.3) is 5.56 Å². The van der Waals surface area contributed by atoms with Crippen LogP contribution in [-0.4, -0.2) is 55.9 Å². The number of imidazole rings is 1. The van der Waals surface area contributed by atoms with E-state index in [4.69, 9.17) is 0 Å². The fourth-order valence-corrected chi connectivity index (χ4v) is 4.97. The number of aromatic nitrogens is 4. The maximum Gasteiger partial charge on any atom is 0.258 e. The largest absolute Gasteiger partial charge is 0.367 e. The monoisotopic (exact) mass is 418 g/mol. The molecule has 2 saturated heterocycles. The van der Waals surface area contributed by atoms with Crippen molar-refractivity contribution in [2.24, 2.45) is 0 Å². The van der Waals surface area contributed by atoms with Crippen LogP contribution in [-0.2, 0) is 0 Å². The fraction of sp³-hybridized carbons (Fsp3) is 0.348. The van der Waals surface area contributed by atoms with E-state index in [2.05, 4.69) is 19.8 Å². The molecule has 7 nitrogen and oxygen atoms in total. The Bertz CT molecular complexity index is 1380. The number of hydrogen-bond acceptors (Lipinski definition) is 5. The summed E-state index contributed by atoms with van der Waals surface area (Å²) in [5, 5.41) is 0. The normalized spacial score (nSPS) is 19.4. The lowest BCUT2D eigenvalue weighted by molar-refractivity contribution is 0.231. The van der Waals surface area contributed by atoms with Crippen molar-refractivity contribution in [3.05, 3.63) is 64.7 Å². The lowest BCUT2D eigenvalue weighted by Crippen LogP contribution is -2.50. The maximum atomic E-state index is 14.5. The topological polar surface area (TPSA) is 58.2 Å². The van der Waals surface area contributed by atoms with Gasteiger partial charge < -0.3 is 9.30 Å². The first-order chi connectivity index (χ1) is 15.0. The molecule has 0 unspecified atom stereocenters. The van der Waals surface area contributed by atoms with Crippen LogP contribution < -0.4 is 10.5 Å². The number of aryl methyl sites for hydroxylation is 1. The SMILES string of the molecule is Cc1cn2cc(-c3cc(=O)n4cc(N5CCN6CCC[C@H]6C5)ccc4n3)cc(F)c2n1. The highest BCUT2D eigenvalue weighted by molar-refractivity contribution is 5.64. The molecular formula is C23H23FN6O. The van der Waals surface area contributed by atoms with Crippen molar-refractivity contribution in [1.82, 2.24) is 23.7 Å². The van der Waals surface area contributed by atoms with Crippen LogP contribution in [0, 0.1) is 12.7 Å². The van der Waals surface area contributed by atoms with Gasteiger partial charge in [-0.05, 0) is 44.5 Å². The van der Waals surface area contributed by atoms with Crippen LogP contribution in [0.1, 0.15) is 18.5 Å². The van der Waals surface area contributed by atoms with E-state index in [0.717, 1.165) is 31.0 Å². The first-order valence-electron chi connectivity index (χ1n) is 10.7. The summed E-state index contributed by atoms with van der Waals surface area (Å²) >= 11 is 0. The van der Waals surface area contributed by atoms with Gasteiger partial charge in [-0.25, -0.2) is 14.4 Å². The van der Waals surface area contributed by atoms with Gasteiger partial charge in [0.15, 0.2) is 11.5 Å². The van der Waals surface area contributed by atoms with Crippen LogP contribution in [0.5, 0.6) is 0 Å². The molecule has 2 aliphatic rings. The van der Waals surface area contributed by atoms with E-state index in [0.29, 0.717) is 22.9 Å². The van der Waals surface area contributed by atoms with Gasteiger partial charge in [-0.2, -0.15) is 0 Å². The van der Waals surface area contributed by atoms with Crippen molar-refractivity contribution in [3.63, 3.8) is 0 Å². The van der Waals surface area contributed by atoms with Gasteiger partial charge in [-0.3, -0.25) is 14.1 Å². The highest BCUT2D eigenvalue weighted by Crippen LogP contribution is 2.26. The minimum Gasteiger partial charge on any atom is -0.367 e. The van der Waals surface area contributed by atoms with Gasteiger partial charge in [0.2, 0.25) is 0 Å². The molecule has 8 heteroatoms. The van der Waals surface area contributed by atoms with Gasteiger partial charge in [-0.1, -0.05) is 0 Å². The Morgan fingerprint density at radius 1 is 1.06 bits per heavy atom. The van der Waals surface area contributed by atoms with Crippen LogP contribution >= 0.6 is 0 Å². The van der Waals surface area contributed by atoms with E-state index in [-0.39, 0.29) is 11.2 Å².